The van der Waals surface area contributed by atoms with Crippen LogP contribution in [0.15, 0.2) is 48.5 Å². The van der Waals surface area contributed by atoms with Crippen LogP contribution in [0.3, 0.4) is 0 Å². The maximum Gasteiger partial charge on any atom is 0.500 e. The van der Waals surface area contributed by atoms with Gasteiger partial charge in [0.2, 0.25) is 0 Å². The zero-order valence-electron chi connectivity index (χ0n) is 24.3. The number of ether oxygens (including phenoxy) is 1. The largest absolute Gasteiger partial charge is 0.500 e. The number of hydrogen-bond acceptors (Lipinski definition) is 5. The Morgan fingerprint density at radius 1 is 0.692 bits per heavy atom. The van der Waals surface area contributed by atoms with Gasteiger partial charge in [0.25, 0.3) is 0 Å². The molecule has 0 heterocycles. The molecule has 2 aromatic rings. The number of fused-ring (bicyclic) bond motifs is 3. The summed E-state index contributed by atoms with van der Waals surface area (Å²) in [6.07, 6.45) is 10.4. The van der Waals surface area contributed by atoms with Crippen LogP contribution in [0.25, 0.3) is 11.1 Å². The molecule has 2 aromatic carbocycles. The van der Waals surface area contributed by atoms with E-state index in [0.717, 1.165) is 25.3 Å². The summed E-state index contributed by atoms with van der Waals surface area (Å²) in [5.41, 5.74) is 4.97. The minimum Gasteiger partial charge on any atom is -0.449 e. The van der Waals surface area contributed by atoms with Crippen LogP contribution in [0.5, 0.6) is 0 Å². The first-order valence-electron chi connectivity index (χ1n) is 15.1. The standard InChI is InChI=1S/C32H49NO5Si/c1-4-36-39(37-5-2,38-6-3)25-19-13-11-9-7-8-10-12-18-24-33-32(34)35-26-31-29-22-16-14-20-27(29)28-21-15-17-23-30(28)31/h14-17,20-23,31H,4-13,18-19,24-26H2,1-3H3,(H,33,34). The molecule has 39 heavy (non-hydrogen) atoms. The highest BCUT2D eigenvalue weighted by atomic mass is 28.4. The number of amides is 1. The first kappa shape index (κ1) is 31.3. The smallest absolute Gasteiger partial charge is 0.449 e. The van der Waals surface area contributed by atoms with Crippen molar-refractivity contribution in [1.82, 2.24) is 5.32 Å². The molecule has 0 bridgehead atoms. The summed E-state index contributed by atoms with van der Waals surface area (Å²) in [6.45, 7) is 9.01. The molecule has 0 fully saturated rings. The van der Waals surface area contributed by atoms with Gasteiger partial charge in [-0.05, 0) is 55.9 Å². The van der Waals surface area contributed by atoms with Crippen LogP contribution in [0.2, 0.25) is 6.04 Å². The third kappa shape index (κ3) is 9.74. The predicted molar refractivity (Wildman–Crippen MR) is 160 cm³/mol. The predicted octanol–water partition coefficient (Wildman–Crippen LogP) is 8.08. The van der Waals surface area contributed by atoms with Crippen molar-refractivity contribution in [2.45, 2.75) is 90.5 Å². The van der Waals surface area contributed by atoms with Gasteiger partial charge in [-0.3, -0.25) is 0 Å². The van der Waals surface area contributed by atoms with Gasteiger partial charge in [0, 0.05) is 38.3 Å². The highest BCUT2D eigenvalue weighted by molar-refractivity contribution is 6.60. The highest BCUT2D eigenvalue weighted by Gasteiger charge is 2.39. The summed E-state index contributed by atoms with van der Waals surface area (Å²) in [5, 5.41) is 2.93. The molecule has 0 radical (unpaired) electrons. The van der Waals surface area contributed by atoms with Crippen molar-refractivity contribution in [3.63, 3.8) is 0 Å². The molecule has 0 spiro atoms. The van der Waals surface area contributed by atoms with E-state index in [1.54, 1.807) is 0 Å². The average Bonchev–Trinajstić information content (AvgIpc) is 3.26. The minimum atomic E-state index is -2.48. The fourth-order valence-electron chi connectivity index (χ4n) is 5.55. The second-order valence-electron chi connectivity index (χ2n) is 10.2. The molecule has 0 unspecified atom stereocenters. The Morgan fingerprint density at radius 3 is 1.67 bits per heavy atom. The summed E-state index contributed by atoms with van der Waals surface area (Å²) in [7, 11) is -2.48. The van der Waals surface area contributed by atoms with Crippen molar-refractivity contribution in [3.05, 3.63) is 59.7 Å². The van der Waals surface area contributed by atoms with Crippen LogP contribution < -0.4 is 5.32 Å². The van der Waals surface area contributed by atoms with Crippen molar-refractivity contribution in [3.8, 4) is 11.1 Å². The monoisotopic (exact) mass is 555 g/mol. The zero-order valence-corrected chi connectivity index (χ0v) is 25.3. The van der Waals surface area contributed by atoms with Gasteiger partial charge in [0.05, 0.1) is 0 Å². The molecule has 0 aromatic heterocycles. The lowest BCUT2D eigenvalue weighted by atomic mass is 9.98. The van der Waals surface area contributed by atoms with Gasteiger partial charge in [-0.15, -0.1) is 0 Å². The van der Waals surface area contributed by atoms with Gasteiger partial charge in [-0.25, -0.2) is 4.79 Å². The average molecular weight is 556 g/mol. The van der Waals surface area contributed by atoms with Gasteiger partial charge in [0.1, 0.15) is 6.61 Å². The Balaban J connectivity index is 1.19. The van der Waals surface area contributed by atoms with Gasteiger partial charge >= 0.3 is 14.9 Å². The summed E-state index contributed by atoms with van der Waals surface area (Å²) < 4.78 is 23.4. The van der Waals surface area contributed by atoms with E-state index in [-0.39, 0.29) is 12.0 Å². The van der Waals surface area contributed by atoms with Gasteiger partial charge in [-0.1, -0.05) is 93.5 Å². The summed E-state index contributed by atoms with van der Waals surface area (Å²) in [6, 6.07) is 17.7. The van der Waals surface area contributed by atoms with Crippen molar-refractivity contribution >= 4 is 14.9 Å². The maximum atomic E-state index is 12.3. The number of alkyl carbamates (subject to hydrolysis) is 1. The van der Waals surface area contributed by atoms with Crippen LogP contribution in [-0.2, 0) is 18.0 Å². The molecule has 3 rings (SSSR count). The lowest BCUT2D eigenvalue weighted by molar-refractivity contribution is 0.0706. The third-order valence-electron chi connectivity index (χ3n) is 7.37. The Labute approximate surface area is 237 Å². The fourth-order valence-corrected chi connectivity index (χ4v) is 8.23. The molecule has 1 aliphatic rings. The Bertz CT molecular complexity index is 922. The Kier molecular flexibility index (Phi) is 14.1. The normalized spacial score (nSPS) is 12.8. The molecule has 0 saturated carbocycles. The van der Waals surface area contributed by atoms with Gasteiger partial charge in [-0.2, -0.15) is 0 Å². The van der Waals surface area contributed by atoms with Gasteiger partial charge < -0.3 is 23.3 Å². The van der Waals surface area contributed by atoms with Crippen molar-refractivity contribution in [2.24, 2.45) is 0 Å². The van der Waals surface area contributed by atoms with E-state index in [1.165, 1.54) is 60.8 Å². The highest BCUT2D eigenvalue weighted by Crippen LogP contribution is 2.44. The first-order chi connectivity index (χ1) is 19.1. The fraction of sp³-hybridized carbons (Fsp3) is 0.594. The van der Waals surface area contributed by atoms with Crippen LogP contribution in [0.1, 0.15) is 95.6 Å². The summed E-state index contributed by atoms with van der Waals surface area (Å²) in [5.74, 6) is 0.104. The molecule has 7 heteroatoms. The molecular formula is C32H49NO5Si. The molecule has 1 N–H and O–H groups in total. The summed E-state index contributed by atoms with van der Waals surface area (Å²) in [4.78, 5) is 12.3. The molecular weight excluding hydrogens is 506 g/mol. The number of benzene rings is 2. The van der Waals surface area contributed by atoms with Crippen LogP contribution in [-0.4, -0.2) is 47.9 Å². The zero-order chi connectivity index (χ0) is 27.8. The number of carbonyl (C=O) groups is 1. The van der Waals surface area contributed by atoms with Crippen molar-refractivity contribution < 1.29 is 22.8 Å². The number of nitrogens with one attached hydrogen (secondary N) is 1. The van der Waals surface area contributed by atoms with E-state index < -0.39 is 8.80 Å². The van der Waals surface area contributed by atoms with Crippen molar-refractivity contribution in [2.75, 3.05) is 33.0 Å². The number of rotatable bonds is 20. The van der Waals surface area contributed by atoms with E-state index in [4.69, 9.17) is 18.0 Å². The molecule has 0 saturated heterocycles. The molecule has 0 atom stereocenters. The molecule has 0 aliphatic heterocycles. The molecule has 1 amide bonds. The van der Waals surface area contributed by atoms with Crippen molar-refractivity contribution in [1.29, 1.82) is 0 Å². The topological polar surface area (TPSA) is 66.0 Å². The van der Waals surface area contributed by atoms with Crippen LogP contribution >= 0.6 is 0 Å². The number of hydrogen-bond donors (Lipinski definition) is 1. The SMILES string of the molecule is CCO[Si](CCCCCCCCCCCNC(=O)OCC1c2ccccc2-c2ccccc21)(OCC)OCC. The van der Waals surface area contributed by atoms with E-state index >= 15 is 0 Å². The van der Waals surface area contributed by atoms with E-state index in [9.17, 15) is 4.79 Å². The molecule has 216 valence electrons. The van der Waals surface area contributed by atoms with Crippen LogP contribution in [0, 0.1) is 0 Å². The Hall–Kier alpha value is -2.19. The first-order valence-corrected chi connectivity index (χ1v) is 17.1. The second kappa shape index (κ2) is 17.5. The van der Waals surface area contributed by atoms with Gasteiger partial charge in [0.15, 0.2) is 0 Å². The molecule has 6 nitrogen and oxygen atoms in total. The summed E-state index contributed by atoms with van der Waals surface area (Å²) >= 11 is 0. The third-order valence-corrected chi connectivity index (χ3v) is 10.5. The Morgan fingerprint density at radius 2 is 1.15 bits per heavy atom. The van der Waals surface area contributed by atoms with Crippen LogP contribution in [0.4, 0.5) is 4.79 Å². The van der Waals surface area contributed by atoms with E-state index in [1.807, 2.05) is 20.8 Å². The van der Waals surface area contributed by atoms with E-state index in [0.29, 0.717) is 33.0 Å². The maximum absolute atomic E-state index is 12.3. The molecule has 1 aliphatic carbocycles. The minimum absolute atomic E-state index is 0.104. The lowest BCUT2D eigenvalue weighted by Gasteiger charge is -2.28. The number of carbonyl (C=O) groups excluding carboxylic acids is 1. The second-order valence-corrected chi connectivity index (χ2v) is 12.9. The lowest BCUT2D eigenvalue weighted by Crippen LogP contribution is -2.45. The van der Waals surface area contributed by atoms with E-state index in [2.05, 4.69) is 53.8 Å². The quantitative estimate of drug-likeness (QED) is 0.132. The number of unbranched alkanes of at least 4 members (excludes halogenated alkanes) is 8.